The summed E-state index contributed by atoms with van der Waals surface area (Å²) in [5.41, 5.74) is 1.21. The summed E-state index contributed by atoms with van der Waals surface area (Å²) in [6, 6.07) is 6.71. The van der Waals surface area contributed by atoms with Gasteiger partial charge in [0.15, 0.2) is 10.8 Å². The van der Waals surface area contributed by atoms with Crippen LogP contribution in [0.3, 0.4) is 0 Å². The van der Waals surface area contributed by atoms with Crippen molar-refractivity contribution in [3.63, 3.8) is 0 Å². The Morgan fingerprint density at radius 3 is 2.70 bits per heavy atom. The highest BCUT2D eigenvalue weighted by molar-refractivity contribution is 7.14. The topological polar surface area (TPSA) is 118 Å². The summed E-state index contributed by atoms with van der Waals surface area (Å²) in [5.74, 6) is -0.686. The summed E-state index contributed by atoms with van der Waals surface area (Å²) < 4.78 is 4.60. The summed E-state index contributed by atoms with van der Waals surface area (Å²) in [4.78, 5) is 42.6. The average molecular weight is 433 g/mol. The number of piperazine rings is 1. The van der Waals surface area contributed by atoms with Crippen molar-refractivity contribution < 1.29 is 19.2 Å². The van der Waals surface area contributed by atoms with Crippen LogP contribution in [0.1, 0.15) is 22.5 Å². The molecular weight excluding hydrogens is 410 g/mol. The number of amides is 1. The first-order chi connectivity index (χ1) is 14.4. The van der Waals surface area contributed by atoms with E-state index in [0.29, 0.717) is 24.6 Å². The van der Waals surface area contributed by atoms with E-state index in [1.165, 1.54) is 24.5 Å². The van der Waals surface area contributed by atoms with E-state index in [-0.39, 0.29) is 22.2 Å². The standard InChI is InChI=1S/C19H23N5O5S/c1-29-18(26)16-13-30-19(20-16)21-17(25)5-6-22-7-9-23(10-8-22)12-14-3-2-4-15(11-14)24(27)28/h2-4,11,13H,5-10,12H2,1H3,(H,20,21,25). The van der Waals surface area contributed by atoms with Gasteiger partial charge in [0, 0.05) is 63.2 Å². The van der Waals surface area contributed by atoms with Crippen molar-refractivity contribution in [3.8, 4) is 0 Å². The highest BCUT2D eigenvalue weighted by atomic mass is 32.1. The number of carbonyl (C=O) groups is 2. The van der Waals surface area contributed by atoms with Crippen LogP contribution in [0.15, 0.2) is 29.6 Å². The summed E-state index contributed by atoms with van der Waals surface area (Å²) in [6.45, 7) is 4.62. The fourth-order valence-corrected chi connectivity index (χ4v) is 3.86. The number of nitro benzene ring substituents is 1. The molecule has 11 heteroatoms. The molecule has 2 aromatic rings. The second-order valence-electron chi connectivity index (χ2n) is 6.87. The van der Waals surface area contributed by atoms with Crippen LogP contribution in [0.4, 0.5) is 10.8 Å². The van der Waals surface area contributed by atoms with E-state index in [0.717, 1.165) is 31.7 Å². The highest BCUT2D eigenvalue weighted by Gasteiger charge is 2.19. The molecule has 10 nitrogen and oxygen atoms in total. The van der Waals surface area contributed by atoms with Gasteiger partial charge in [0.25, 0.3) is 5.69 Å². The molecule has 0 saturated carbocycles. The van der Waals surface area contributed by atoms with Gasteiger partial charge in [-0.25, -0.2) is 9.78 Å². The van der Waals surface area contributed by atoms with Gasteiger partial charge in [-0.05, 0) is 5.56 Å². The molecule has 1 aromatic carbocycles. The molecule has 0 spiro atoms. The molecule has 160 valence electrons. The number of nitrogens with zero attached hydrogens (tertiary/aromatic N) is 4. The normalized spacial score (nSPS) is 15.0. The number of rotatable bonds is 8. The summed E-state index contributed by atoms with van der Waals surface area (Å²) in [7, 11) is 1.28. The molecule has 1 aromatic heterocycles. The molecule has 0 radical (unpaired) electrons. The minimum Gasteiger partial charge on any atom is -0.464 e. The SMILES string of the molecule is COC(=O)c1csc(NC(=O)CCN2CCN(Cc3cccc([N+](=O)[O-])c3)CC2)n1. The van der Waals surface area contributed by atoms with Crippen molar-refractivity contribution in [2.45, 2.75) is 13.0 Å². The van der Waals surface area contributed by atoms with Gasteiger partial charge in [0.2, 0.25) is 5.91 Å². The van der Waals surface area contributed by atoms with E-state index in [4.69, 9.17) is 0 Å². The minimum absolute atomic E-state index is 0.107. The second kappa shape index (κ2) is 10.2. The van der Waals surface area contributed by atoms with Crippen LogP contribution in [0.5, 0.6) is 0 Å². The van der Waals surface area contributed by atoms with Gasteiger partial charge in [-0.1, -0.05) is 12.1 Å². The molecular formula is C19H23N5O5S. The number of hydrogen-bond donors (Lipinski definition) is 1. The van der Waals surface area contributed by atoms with Crippen molar-refractivity contribution in [2.24, 2.45) is 0 Å². The van der Waals surface area contributed by atoms with Crippen LogP contribution < -0.4 is 5.32 Å². The molecule has 1 aliphatic rings. The number of benzene rings is 1. The number of thiazole rings is 1. The molecule has 1 N–H and O–H groups in total. The quantitative estimate of drug-likeness (QED) is 0.381. The van der Waals surface area contributed by atoms with Gasteiger partial charge in [0.1, 0.15) is 0 Å². The first-order valence-corrected chi connectivity index (χ1v) is 10.3. The monoisotopic (exact) mass is 433 g/mol. The third kappa shape index (κ3) is 6.05. The lowest BCUT2D eigenvalue weighted by atomic mass is 10.1. The number of nitrogens with one attached hydrogen (secondary N) is 1. The lowest BCUT2D eigenvalue weighted by Crippen LogP contribution is -2.46. The molecule has 1 saturated heterocycles. The molecule has 0 bridgehead atoms. The van der Waals surface area contributed by atoms with Crippen molar-refractivity contribution in [1.29, 1.82) is 0 Å². The maximum atomic E-state index is 12.1. The average Bonchev–Trinajstić information content (AvgIpc) is 3.21. The van der Waals surface area contributed by atoms with Gasteiger partial charge >= 0.3 is 5.97 Å². The molecule has 0 atom stereocenters. The molecule has 1 amide bonds. The number of nitro groups is 1. The van der Waals surface area contributed by atoms with Crippen molar-refractivity contribution in [1.82, 2.24) is 14.8 Å². The lowest BCUT2D eigenvalue weighted by molar-refractivity contribution is -0.384. The van der Waals surface area contributed by atoms with E-state index in [1.54, 1.807) is 17.5 Å². The van der Waals surface area contributed by atoms with Crippen LogP contribution in [-0.4, -0.2) is 71.4 Å². The van der Waals surface area contributed by atoms with Gasteiger partial charge in [-0.2, -0.15) is 0 Å². The smallest absolute Gasteiger partial charge is 0.357 e. The number of carbonyl (C=O) groups excluding carboxylic acids is 2. The molecule has 1 aliphatic heterocycles. The van der Waals surface area contributed by atoms with Crippen molar-refractivity contribution in [2.75, 3.05) is 45.2 Å². The molecule has 3 rings (SSSR count). The molecule has 0 aliphatic carbocycles. The Morgan fingerprint density at radius 1 is 1.27 bits per heavy atom. The first kappa shape index (κ1) is 21.8. The number of non-ortho nitro benzene ring substituents is 1. The third-order valence-electron chi connectivity index (χ3n) is 4.79. The zero-order valence-electron chi connectivity index (χ0n) is 16.6. The summed E-state index contributed by atoms with van der Waals surface area (Å²) in [6.07, 6.45) is 0.331. The van der Waals surface area contributed by atoms with Crippen LogP contribution in [0.25, 0.3) is 0 Å². The number of aromatic nitrogens is 1. The summed E-state index contributed by atoms with van der Waals surface area (Å²) >= 11 is 1.18. The maximum absolute atomic E-state index is 12.1. The van der Waals surface area contributed by atoms with Gasteiger partial charge in [-0.15, -0.1) is 11.3 Å². The van der Waals surface area contributed by atoms with Crippen LogP contribution in [0.2, 0.25) is 0 Å². The Hall–Kier alpha value is -2.89. The molecule has 30 heavy (non-hydrogen) atoms. The number of anilines is 1. The fourth-order valence-electron chi connectivity index (χ4n) is 3.17. The predicted octanol–water partition coefficient (Wildman–Crippen LogP) is 1.98. The largest absolute Gasteiger partial charge is 0.464 e. The van der Waals surface area contributed by atoms with Crippen molar-refractivity contribution >= 4 is 34.0 Å². The Kier molecular flexibility index (Phi) is 7.44. The molecule has 0 unspecified atom stereocenters. The zero-order chi connectivity index (χ0) is 21.5. The van der Waals surface area contributed by atoms with Crippen LogP contribution in [-0.2, 0) is 16.1 Å². The Labute approximate surface area is 177 Å². The Balaban J connectivity index is 1.39. The highest BCUT2D eigenvalue weighted by Crippen LogP contribution is 2.17. The van der Waals surface area contributed by atoms with Crippen molar-refractivity contribution in [3.05, 3.63) is 51.0 Å². The minimum atomic E-state index is -0.533. The van der Waals surface area contributed by atoms with E-state index in [2.05, 4.69) is 24.8 Å². The van der Waals surface area contributed by atoms with E-state index < -0.39 is 5.97 Å². The number of esters is 1. The zero-order valence-corrected chi connectivity index (χ0v) is 17.4. The fraction of sp³-hybridized carbons (Fsp3) is 0.421. The van der Waals surface area contributed by atoms with E-state index >= 15 is 0 Å². The van der Waals surface area contributed by atoms with E-state index in [9.17, 15) is 19.7 Å². The predicted molar refractivity (Wildman–Crippen MR) is 112 cm³/mol. The second-order valence-corrected chi connectivity index (χ2v) is 7.73. The maximum Gasteiger partial charge on any atom is 0.357 e. The Morgan fingerprint density at radius 2 is 2.00 bits per heavy atom. The van der Waals surface area contributed by atoms with Crippen LogP contribution >= 0.6 is 11.3 Å². The van der Waals surface area contributed by atoms with Gasteiger partial charge in [-0.3, -0.25) is 19.8 Å². The summed E-state index contributed by atoms with van der Waals surface area (Å²) in [5, 5.41) is 15.5. The number of methoxy groups -OCH3 is 1. The molecule has 2 heterocycles. The molecule has 1 fully saturated rings. The number of ether oxygens (including phenoxy) is 1. The third-order valence-corrected chi connectivity index (χ3v) is 5.55. The van der Waals surface area contributed by atoms with Gasteiger partial charge in [0.05, 0.1) is 12.0 Å². The Bertz CT molecular complexity index is 910. The van der Waals surface area contributed by atoms with E-state index in [1.807, 2.05) is 6.07 Å². The van der Waals surface area contributed by atoms with Gasteiger partial charge < -0.3 is 15.0 Å². The first-order valence-electron chi connectivity index (χ1n) is 9.46. The number of hydrogen-bond acceptors (Lipinski definition) is 9. The lowest BCUT2D eigenvalue weighted by Gasteiger charge is -2.34. The van der Waals surface area contributed by atoms with Crippen LogP contribution in [0, 0.1) is 10.1 Å².